The zero-order valence-corrected chi connectivity index (χ0v) is 16.7. The van der Waals surface area contributed by atoms with E-state index >= 15 is 0 Å². The molecule has 1 amide bonds. The normalized spacial score (nSPS) is 22.9. The molecule has 1 saturated heterocycles. The number of hydrogen-bond donors (Lipinski definition) is 0. The Balaban J connectivity index is 1.36. The number of nitrogens with zero attached hydrogens (tertiary/aromatic N) is 5. The van der Waals surface area contributed by atoms with Crippen LogP contribution in [0.15, 0.2) is 17.8 Å². The predicted octanol–water partition coefficient (Wildman–Crippen LogP) is 2.76. The number of carbonyl (C=O) groups excluding carboxylic acids is 1. The van der Waals surface area contributed by atoms with Gasteiger partial charge in [-0.2, -0.15) is 5.10 Å². The number of likely N-dealkylation sites (N-methyl/N-ethyl adjacent to an activating group) is 1. The molecule has 7 heteroatoms. The van der Waals surface area contributed by atoms with E-state index in [0.717, 1.165) is 62.7 Å². The van der Waals surface area contributed by atoms with Crippen LogP contribution in [0, 0.1) is 5.92 Å². The number of thiazole rings is 1. The van der Waals surface area contributed by atoms with Gasteiger partial charge in [-0.3, -0.25) is 14.4 Å². The van der Waals surface area contributed by atoms with Crippen LogP contribution in [0.25, 0.3) is 0 Å². The largest absolute Gasteiger partial charge is 0.341 e. The predicted molar refractivity (Wildman–Crippen MR) is 105 cm³/mol. The van der Waals surface area contributed by atoms with Crippen LogP contribution in [-0.4, -0.2) is 57.2 Å². The standard InChI is InChI=1S/C20H27N5OS/c1-23-14-20(5-8-24(9-6-20)13-17-21-7-10-27-17)18-16(19(23)26)12-25(22-18)11-15-3-2-4-15/h7,10,12,15H,2-6,8-9,11,13-14H2,1H3. The summed E-state index contributed by atoms with van der Waals surface area (Å²) in [6.45, 7) is 4.78. The average molecular weight is 386 g/mol. The summed E-state index contributed by atoms with van der Waals surface area (Å²) in [5.74, 6) is 0.885. The van der Waals surface area contributed by atoms with Gasteiger partial charge in [0.25, 0.3) is 5.91 Å². The summed E-state index contributed by atoms with van der Waals surface area (Å²) in [5.41, 5.74) is 1.93. The highest BCUT2D eigenvalue weighted by Crippen LogP contribution is 2.41. The molecule has 0 N–H and O–H groups in total. The van der Waals surface area contributed by atoms with Gasteiger partial charge in [0.05, 0.1) is 17.8 Å². The van der Waals surface area contributed by atoms with Crippen molar-refractivity contribution in [1.82, 2.24) is 24.6 Å². The summed E-state index contributed by atoms with van der Waals surface area (Å²) in [7, 11) is 1.94. The molecule has 4 heterocycles. The van der Waals surface area contributed by atoms with Crippen LogP contribution in [0.1, 0.15) is 53.2 Å². The lowest BCUT2D eigenvalue weighted by molar-refractivity contribution is 0.0628. The third-order valence-electron chi connectivity index (χ3n) is 6.71. The second kappa shape index (κ2) is 6.71. The van der Waals surface area contributed by atoms with Crippen LogP contribution >= 0.6 is 11.3 Å². The first kappa shape index (κ1) is 17.4. The van der Waals surface area contributed by atoms with Crippen LogP contribution in [0.4, 0.5) is 0 Å². The maximum Gasteiger partial charge on any atom is 0.257 e. The molecule has 0 unspecified atom stereocenters. The van der Waals surface area contributed by atoms with E-state index in [1.54, 1.807) is 11.3 Å². The third-order valence-corrected chi connectivity index (χ3v) is 7.47. The maximum absolute atomic E-state index is 12.8. The van der Waals surface area contributed by atoms with Crippen LogP contribution < -0.4 is 0 Å². The monoisotopic (exact) mass is 385 g/mol. The van der Waals surface area contributed by atoms with Crippen molar-refractivity contribution in [3.63, 3.8) is 0 Å². The van der Waals surface area contributed by atoms with Crippen LogP contribution in [-0.2, 0) is 18.5 Å². The van der Waals surface area contributed by atoms with Crippen molar-refractivity contribution in [2.24, 2.45) is 5.92 Å². The molecule has 1 saturated carbocycles. The van der Waals surface area contributed by atoms with Gasteiger partial charge in [0, 0.05) is 43.3 Å². The van der Waals surface area contributed by atoms with Crippen LogP contribution in [0.5, 0.6) is 0 Å². The second-order valence-corrected chi connectivity index (χ2v) is 9.53. The SMILES string of the molecule is CN1CC2(CCN(Cc3nccs3)CC2)c2nn(CC3CCC3)cc2C1=O. The molecule has 1 spiro atoms. The number of carbonyl (C=O) groups is 1. The molecule has 2 aromatic heterocycles. The van der Waals surface area contributed by atoms with Crippen molar-refractivity contribution < 1.29 is 4.79 Å². The molecular weight excluding hydrogens is 358 g/mol. The molecular formula is C20H27N5OS. The van der Waals surface area contributed by atoms with E-state index in [1.807, 2.05) is 29.7 Å². The van der Waals surface area contributed by atoms with E-state index in [-0.39, 0.29) is 11.3 Å². The summed E-state index contributed by atoms with van der Waals surface area (Å²) in [6, 6.07) is 0. The molecule has 2 fully saturated rings. The van der Waals surface area contributed by atoms with Gasteiger partial charge in [0.1, 0.15) is 5.01 Å². The molecule has 3 aliphatic rings. The van der Waals surface area contributed by atoms with Crippen molar-refractivity contribution >= 4 is 17.2 Å². The molecule has 5 rings (SSSR count). The first-order valence-electron chi connectivity index (χ1n) is 10.1. The average Bonchev–Trinajstić information content (AvgIpc) is 3.28. The number of fused-ring (bicyclic) bond motifs is 2. The Kier molecular flexibility index (Phi) is 4.31. The Hall–Kier alpha value is -1.73. The zero-order chi connectivity index (χ0) is 18.4. The second-order valence-electron chi connectivity index (χ2n) is 8.55. The van der Waals surface area contributed by atoms with Gasteiger partial charge in [-0.15, -0.1) is 11.3 Å². The highest BCUT2D eigenvalue weighted by Gasteiger charge is 2.46. The summed E-state index contributed by atoms with van der Waals surface area (Å²) in [6.07, 6.45) is 9.97. The Morgan fingerprint density at radius 1 is 1.30 bits per heavy atom. The van der Waals surface area contributed by atoms with Gasteiger partial charge >= 0.3 is 0 Å². The first-order chi connectivity index (χ1) is 13.1. The van der Waals surface area contributed by atoms with Crippen LogP contribution in [0.3, 0.4) is 0 Å². The van der Waals surface area contributed by atoms with Crippen molar-refractivity contribution in [2.45, 2.75) is 50.6 Å². The summed E-state index contributed by atoms with van der Waals surface area (Å²) >= 11 is 1.73. The van der Waals surface area contributed by atoms with E-state index in [0.29, 0.717) is 0 Å². The van der Waals surface area contributed by atoms with Crippen LogP contribution in [0.2, 0.25) is 0 Å². The Bertz CT molecular complexity index is 818. The van der Waals surface area contributed by atoms with Gasteiger partial charge < -0.3 is 4.90 Å². The fraction of sp³-hybridized carbons (Fsp3) is 0.650. The number of likely N-dealkylation sites (tertiary alicyclic amines) is 1. The zero-order valence-electron chi connectivity index (χ0n) is 15.9. The van der Waals surface area contributed by atoms with E-state index in [1.165, 1.54) is 24.3 Å². The van der Waals surface area contributed by atoms with Gasteiger partial charge in [-0.1, -0.05) is 6.42 Å². The van der Waals surface area contributed by atoms with Crippen molar-refractivity contribution in [3.8, 4) is 0 Å². The topological polar surface area (TPSA) is 54.3 Å². The van der Waals surface area contributed by atoms with Gasteiger partial charge in [-0.25, -0.2) is 4.98 Å². The lowest BCUT2D eigenvalue weighted by atomic mass is 9.72. The van der Waals surface area contributed by atoms with E-state index in [9.17, 15) is 4.79 Å². The third kappa shape index (κ3) is 3.10. The lowest BCUT2D eigenvalue weighted by Crippen LogP contribution is -2.53. The quantitative estimate of drug-likeness (QED) is 0.812. The fourth-order valence-corrected chi connectivity index (χ4v) is 5.52. The minimum atomic E-state index is 0.0161. The summed E-state index contributed by atoms with van der Waals surface area (Å²) in [4.78, 5) is 21.6. The molecule has 144 valence electrons. The number of piperidine rings is 1. The van der Waals surface area contributed by atoms with Crippen molar-refractivity contribution in [1.29, 1.82) is 0 Å². The Labute approximate surface area is 164 Å². The smallest absolute Gasteiger partial charge is 0.257 e. The van der Waals surface area contributed by atoms with Gasteiger partial charge in [0.15, 0.2) is 0 Å². The molecule has 0 bridgehead atoms. The van der Waals surface area contributed by atoms with Gasteiger partial charge in [0.2, 0.25) is 0 Å². The number of amides is 1. The van der Waals surface area contributed by atoms with E-state index < -0.39 is 0 Å². The molecule has 0 aromatic carbocycles. The molecule has 2 aliphatic heterocycles. The highest BCUT2D eigenvalue weighted by molar-refractivity contribution is 7.09. The highest BCUT2D eigenvalue weighted by atomic mass is 32.1. The first-order valence-corrected chi connectivity index (χ1v) is 11.0. The Morgan fingerprint density at radius 3 is 2.78 bits per heavy atom. The van der Waals surface area contributed by atoms with Crippen molar-refractivity contribution in [2.75, 3.05) is 26.7 Å². The molecule has 6 nitrogen and oxygen atoms in total. The fourth-order valence-electron chi connectivity index (χ4n) is 4.87. The summed E-state index contributed by atoms with van der Waals surface area (Å²) < 4.78 is 2.06. The molecule has 27 heavy (non-hydrogen) atoms. The van der Waals surface area contributed by atoms with E-state index in [4.69, 9.17) is 5.10 Å². The molecule has 1 aliphatic carbocycles. The molecule has 0 atom stereocenters. The minimum Gasteiger partial charge on any atom is -0.341 e. The lowest BCUT2D eigenvalue weighted by Gasteiger charge is -2.45. The summed E-state index contributed by atoms with van der Waals surface area (Å²) in [5, 5.41) is 8.21. The number of rotatable bonds is 4. The van der Waals surface area contributed by atoms with Gasteiger partial charge in [-0.05, 0) is 44.7 Å². The maximum atomic E-state index is 12.8. The number of aromatic nitrogens is 3. The molecule has 0 radical (unpaired) electrons. The molecule has 2 aromatic rings. The minimum absolute atomic E-state index is 0.0161. The van der Waals surface area contributed by atoms with E-state index in [2.05, 4.69) is 14.6 Å². The number of hydrogen-bond acceptors (Lipinski definition) is 5. The Morgan fingerprint density at radius 2 is 2.11 bits per heavy atom. The van der Waals surface area contributed by atoms with Crippen molar-refractivity contribution in [3.05, 3.63) is 34.0 Å².